The molecule has 1 atom stereocenters. The lowest BCUT2D eigenvalue weighted by Gasteiger charge is -2.19. The van der Waals surface area contributed by atoms with Crippen LogP contribution in [0.15, 0.2) is 6.20 Å². The Balaban J connectivity index is 1.93. The van der Waals surface area contributed by atoms with E-state index < -0.39 is 0 Å². The average molecular weight is 280 g/mol. The van der Waals surface area contributed by atoms with Crippen molar-refractivity contribution in [3.63, 3.8) is 0 Å². The van der Waals surface area contributed by atoms with Crippen LogP contribution in [-0.4, -0.2) is 49.4 Å². The van der Waals surface area contributed by atoms with E-state index >= 15 is 0 Å². The van der Waals surface area contributed by atoms with Crippen LogP contribution in [0.4, 0.5) is 5.95 Å². The molecule has 0 amide bonds. The summed E-state index contributed by atoms with van der Waals surface area (Å²) in [6, 6.07) is 0. The van der Waals surface area contributed by atoms with Gasteiger partial charge in [0.1, 0.15) is 0 Å². The van der Waals surface area contributed by atoms with Crippen LogP contribution in [0.3, 0.4) is 0 Å². The van der Waals surface area contributed by atoms with Crippen molar-refractivity contribution in [1.82, 2.24) is 14.9 Å². The van der Waals surface area contributed by atoms with E-state index in [1.54, 1.807) is 0 Å². The maximum Gasteiger partial charge on any atom is 0.205 e. The molecule has 1 unspecified atom stereocenters. The molecule has 5 nitrogen and oxygen atoms in total. The van der Waals surface area contributed by atoms with Gasteiger partial charge in [-0.1, -0.05) is 0 Å². The molecular weight excluding hydrogens is 252 g/mol. The van der Waals surface area contributed by atoms with Crippen LogP contribution in [-0.2, 0) is 11.3 Å². The first-order valence-electron chi connectivity index (χ1n) is 7.75. The van der Waals surface area contributed by atoms with Crippen LogP contribution in [0, 0.1) is 12.8 Å². The number of anilines is 1. The standard InChI is InChI=1S/C15H28N4O/c1-4-20-9-5-7-18-11-13(2)17-15(18)19-8-6-14(12-19)10-16-3/h11,14,16H,4-10,12H2,1-3H3. The Labute approximate surface area is 122 Å². The summed E-state index contributed by atoms with van der Waals surface area (Å²) in [5.41, 5.74) is 1.11. The highest BCUT2D eigenvalue weighted by molar-refractivity contribution is 5.35. The van der Waals surface area contributed by atoms with Crippen molar-refractivity contribution in [2.45, 2.75) is 33.2 Å². The van der Waals surface area contributed by atoms with Gasteiger partial charge < -0.3 is 19.5 Å². The second-order valence-electron chi connectivity index (χ2n) is 5.58. The number of aryl methyl sites for hydroxylation is 2. The summed E-state index contributed by atoms with van der Waals surface area (Å²) in [5.74, 6) is 1.88. The van der Waals surface area contributed by atoms with E-state index in [0.717, 1.165) is 63.4 Å². The maximum atomic E-state index is 5.42. The highest BCUT2D eigenvalue weighted by atomic mass is 16.5. The third kappa shape index (κ3) is 3.96. The highest BCUT2D eigenvalue weighted by Crippen LogP contribution is 2.23. The zero-order valence-electron chi connectivity index (χ0n) is 13.1. The second kappa shape index (κ2) is 7.64. The molecule has 20 heavy (non-hydrogen) atoms. The summed E-state index contributed by atoms with van der Waals surface area (Å²) in [7, 11) is 2.03. The number of ether oxygens (including phenoxy) is 1. The van der Waals surface area contributed by atoms with Gasteiger partial charge in [0.15, 0.2) is 0 Å². The molecular formula is C15H28N4O. The molecule has 1 N–H and O–H groups in total. The van der Waals surface area contributed by atoms with E-state index in [1.165, 1.54) is 6.42 Å². The fourth-order valence-electron chi connectivity index (χ4n) is 2.90. The van der Waals surface area contributed by atoms with Gasteiger partial charge in [0.05, 0.1) is 5.69 Å². The zero-order valence-corrected chi connectivity index (χ0v) is 13.1. The van der Waals surface area contributed by atoms with Gasteiger partial charge in [-0.15, -0.1) is 0 Å². The van der Waals surface area contributed by atoms with Crippen molar-refractivity contribution < 1.29 is 4.74 Å². The quantitative estimate of drug-likeness (QED) is 0.736. The Morgan fingerprint density at radius 3 is 3.10 bits per heavy atom. The fraction of sp³-hybridized carbons (Fsp3) is 0.800. The molecule has 0 aromatic carbocycles. The Kier molecular flexibility index (Phi) is 5.86. The molecule has 1 saturated heterocycles. The third-order valence-electron chi connectivity index (χ3n) is 3.83. The minimum atomic E-state index is 0.744. The van der Waals surface area contributed by atoms with Crippen molar-refractivity contribution in [2.75, 3.05) is 44.8 Å². The normalized spacial score (nSPS) is 18.9. The van der Waals surface area contributed by atoms with E-state index in [0.29, 0.717) is 0 Å². The van der Waals surface area contributed by atoms with Gasteiger partial charge in [-0.2, -0.15) is 0 Å². The zero-order chi connectivity index (χ0) is 14.4. The van der Waals surface area contributed by atoms with Crippen molar-refractivity contribution in [2.24, 2.45) is 5.92 Å². The van der Waals surface area contributed by atoms with E-state index in [1.807, 2.05) is 14.0 Å². The van der Waals surface area contributed by atoms with Gasteiger partial charge in [0, 0.05) is 39.0 Å². The Bertz CT molecular complexity index is 405. The van der Waals surface area contributed by atoms with Crippen LogP contribution < -0.4 is 10.2 Å². The Morgan fingerprint density at radius 2 is 2.35 bits per heavy atom. The summed E-state index contributed by atoms with van der Waals surface area (Å²) >= 11 is 0. The smallest absolute Gasteiger partial charge is 0.205 e. The topological polar surface area (TPSA) is 42.3 Å². The first-order chi connectivity index (χ1) is 9.74. The van der Waals surface area contributed by atoms with E-state index in [-0.39, 0.29) is 0 Å². The number of nitrogens with one attached hydrogen (secondary N) is 1. The average Bonchev–Trinajstić information content (AvgIpc) is 3.02. The van der Waals surface area contributed by atoms with Crippen LogP contribution in [0.5, 0.6) is 0 Å². The lowest BCUT2D eigenvalue weighted by atomic mass is 10.1. The summed E-state index contributed by atoms with van der Waals surface area (Å²) in [6.07, 6.45) is 4.46. The molecule has 0 bridgehead atoms. The lowest BCUT2D eigenvalue weighted by Crippen LogP contribution is -2.26. The molecule has 5 heteroatoms. The summed E-state index contributed by atoms with van der Waals surface area (Å²) < 4.78 is 7.71. The molecule has 1 aromatic rings. The van der Waals surface area contributed by atoms with Crippen molar-refractivity contribution in [3.05, 3.63) is 11.9 Å². The van der Waals surface area contributed by atoms with Gasteiger partial charge in [0.2, 0.25) is 5.95 Å². The van der Waals surface area contributed by atoms with Crippen molar-refractivity contribution >= 4 is 5.95 Å². The molecule has 2 rings (SSSR count). The van der Waals surface area contributed by atoms with Crippen molar-refractivity contribution in [1.29, 1.82) is 0 Å². The molecule has 1 aliphatic rings. The van der Waals surface area contributed by atoms with Crippen LogP contribution in [0.1, 0.15) is 25.5 Å². The summed E-state index contributed by atoms with van der Waals surface area (Å²) in [5, 5.41) is 3.28. The summed E-state index contributed by atoms with van der Waals surface area (Å²) in [6.45, 7) is 10.1. The first kappa shape index (κ1) is 15.3. The minimum absolute atomic E-state index is 0.744. The molecule has 0 saturated carbocycles. The second-order valence-corrected chi connectivity index (χ2v) is 5.58. The van der Waals surface area contributed by atoms with Gasteiger partial charge >= 0.3 is 0 Å². The van der Waals surface area contributed by atoms with Gasteiger partial charge in [-0.25, -0.2) is 4.98 Å². The lowest BCUT2D eigenvalue weighted by molar-refractivity contribution is 0.141. The molecule has 1 aliphatic heterocycles. The minimum Gasteiger partial charge on any atom is -0.382 e. The Hall–Kier alpha value is -1.07. The van der Waals surface area contributed by atoms with Gasteiger partial charge in [-0.3, -0.25) is 0 Å². The van der Waals surface area contributed by atoms with Gasteiger partial charge in [-0.05, 0) is 46.2 Å². The monoisotopic (exact) mass is 280 g/mol. The van der Waals surface area contributed by atoms with Gasteiger partial charge in [0.25, 0.3) is 0 Å². The number of aromatic nitrogens is 2. The van der Waals surface area contributed by atoms with Crippen LogP contribution in [0.2, 0.25) is 0 Å². The summed E-state index contributed by atoms with van der Waals surface area (Å²) in [4.78, 5) is 7.14. The van der Waals surface area contributed by atoms with Crippen molar-refractivity contribution in [3.8, 4) is 0 Å². The number of imidazole rings is 1. The molecule has 2 heterocycles. The van der Waals surface area contributed by atoms with Crippen LogP contribution >= 0.6 is 0 Å². The molecule has 114 valence electrons. The molecule has 0 radical (unpaired) electrons. The maximum absolute atomic E-state index is 5.42. The molecule has 1 aromatic heterocycles. The number of nitrogens with zero attached hydrogens (tertiary/aromatic N) is 3. The van der Waals surface area contributed by atoms with Crippen LogP contribution in [0.25, 0.3) is 0 Å². The third-order valence-corrected chi connectivity index (χ3v) is 3.83. The molecule has 0 spiro atoms. The fourth-order valence-corrected chi connectivity index (χ4v) is 2.90. The Morgan fingerprint density at radius 1 is 1.50 bits per heavy atom. The van der Waals surface area contributed by atoms with E-state index in [9.17, 15) is 0 Å². The highest BCUT2D eigenvalue weighted by Gasteiger charge is 2.25. The predicted octanol–water partition coefficient (Wildman–Crippen LogP) is 1.66. The van der Waals surface area contributed by atoms with E-state index in [4.69, 9.17) is 9.72 Å². The number of hydrogen-bond donors (Lipinski definition) is 1. The predicted molar refractivity (Wildman–Crippen MR) is 82.3 cm³/mol. The first-order valence-corrected chi connectivity index (χ1v) is 7.75. The molecule has 0 aliphatic carbocycles. The SMILES string of the molecule is CCOCCCn1cc(C)nc1N1CCC(CNC)C1. The van der Waals surface area contributed by atoms with E-state index in [2.05, 4.69) is 27.9 Å². The number of rotatable bonds is 8. The molecule has 1 fully saturated rings. The number of hydrogen-bond acceptors (Lipinski definition) is 4. The largest absolute Gasteiger partial charge is 0.382 e.